The third-order valence-electron chi connectivity index (χ3n) is 6.61. The smallest absolute Gasteiger partial charge is 0.341 e. The average Bonchev–Trinajstić information content (AvgIpc) is 3.30. The van der Waals surface area contributed by atoms with Gasteiger partial charge in [-0.15, -0.1) is 0 Å². The molecule has 0 saturated carbocycles. The van der Waals surface area contributed by atoms with Crippen LogP contribution < -0.4 is 4.90 Å². The topological polar surface area (TPSA) is 63.5 Å². The third-order valence-corrected chi connectivity index (χ3v) is 6.61. The van der Waals surface area contributed by atoms with Gasteiger partial charge in [-0.25, -0.2) is 14.8 Å². The van der Waals surface area contributed by atoms with Crippen LogP contribution >= 0.6 is 0 Å². The number of hydrogen-bond acceptors (Lipinski definition) is 6. The van der Waals surface area contributed by atoms with Crippen molar-refractivity contribution in [1.29, 1.82) is 0 Å². The molecule has 7 heteroatoms. The number of benzene rings is 1. The number of carbonyl (C=O) groups is 1. The second kappa shape index (κ2) is 7.64. The fourth-order valence-electron chi connectivity index (χ4n) is 5.13. The molecule has 2 fully saturated rings. The van der Waals surface area contributed by atoms with E-state index in [1.54, 1.807) is 19.3 Å². The van der Waals surface area contributed by atoms with Gasteiger partial charge in [-0.05, 0) is 37.5 Å². The van der Waals surface area contributed by atoms with E-state index in [4.69, 9.17) is 4.74 Å². The van der Waals surface area contributed by atoms with Gasteiger partial charge >= 0.3 is 5.97 Å². The van der Waals surface area contributed by atoms with Gasteiger partial charge in [0.1, 0.15) is 0 Å². The monoisotopic (exact) mass is 419 g/mol. The molecule has 3 aromatic rings. The Kier molecular flexibility index (Phi) is 4.93. The van der Waals surface area contributed by atoms with Gasteiger partial charge in [-0.3, -0.25) is 4.90 Å². The Labute approximate surface area is 182 Å². The molecule has 0 amide bonds. The number of fused-ring (bicyclic) bond motifs is 1. The standard InChI is InChI=1S/C24H29N5O2/c1-4-31-22(30)18-10-25-23(26-11-18)29-8-7-24(16-29)14-28(15-24)13-19-12-27(3)21-9-17(2)5-6-20(19)21/h5-6,9-12H,4,7-8,13-16H2,1-3H3. The van der Waals surface area contributed by atoms with E-state index in [0.29, 0.717) is 23.5 Å². The van der Waals surface area contributed by atoms with E-state index in [1.165, 1.54) is 22.0 Å². The molecule has 0 aliphatic carbocycles. The van der Waals surface area contributed by atoms with Crippen molar-refractivity contribution in [2.45, 2.75) is 26.8 Å². The molecule has 31 heavy (non-hydrogen) atoms. The molecular weight excluding hydrogens is 390 g/mol. The number of anilines is 1. The highest BCUT2D eigenvalue weighted by atomic mass is 16.5. The van der Waals surface area contributed by atoms with Crippen molar-refractivity contribution in [3.8, 4) is 0 Å². The first-order valence-corrected chi connectivity index (χ1v) is 11.0. The van der Waals surface area contributed by atoms with Crippen LogP contribution in [0.4, 0.5) is 5.95 Å². The molecule has 0 bridgehead atoms. The van der Waals surface area contributed by atoms with Gasteiger partial charge in [-0.1, -0.05) is 12.1 Å². The molecule has 0 unspecified atom stereocenters. The van der Waals surface area contributed by atoms with Gasteiger partial charge in [0.25, 0.3) is 0 Å². The summed E-state index contributed by atoms with van der Waals surface area (Å²) in [5.74, 6) is 0.331. The number of likely N-dealkylation sites (tertiary alicyclic amines) is 1. The number of hydrogen-bond donors (Lipinski definition) is 0. The lowest BCUT2D eigenvalue weighted by molar-refractivity contribution is 0.0119. The second-order valence-electron chi connectivity index (χ2n) is 9.09. The van der Waals surface area contributed by atoms with Gasteiger partial charge in [-0.2, -0.15) is 0 Å². The highest BCUT2D eigenvalue weighted by molar-refractivity contribution is 5.88. The van der Waals surface area contributed by atoms with Crippen molar-refractivity contribution in [3.63, 3.8) is 0 Å². The van der Waals surface area contributed by atoms with Crippen LogP contribution in [0.25, 0.3) is 10.9 Å². The van der Waals surface area contributed by atoms with Crippen molar-refractivity contribution >= 4 is 22.8 Å². The largest absolute Gasteiger partial charge is 0.462 e. The lowest BCUT2D eigenvalue weighted by atomic mass is 9.79. The number of esters is 1. The maximum Gasteiger partial charge on any atom is 0.341 e. The molecule has 5 rings (SSSR count). The Morgan fingerprint density at radius 1 is 1.19 bits per heavy atom. The normalized spacial score (nSPS) is 18.0. The SMILES string of the molecule is CCOC(=O)c1cnc(N2CCC3(CN(Cc4cn(C)c5cc(C)ccc45)C3)C2)nc1. The summed E-state index contributed by atoms with van der Waals surface area (Å²) >= 11 is 0. The van der Waals surface area contributed by atoms with Gasteiger partial charge in [0, 0.05) is 74.7 Å². The Bertz CT molecular complexity index is 1110. The number of aryl methyl sites for hydroxylation is 2. The molecule has 2 aliphatic heterocycles. The molecule has 0 atom stereocenters. The second-order valence-corrected chi connectivity index (χ2v) is 9.09. The van der Waals surface area contributed by atoms with Crippen LogP contribution in [0.5, 0.6) is 0 Å². The molecule has 162 valence electrons. The predicted molar refractivity (Wildman–Crippen MR) is 120 cm³/mol. The Morgan fingerprint density at radius 3 is 2.71 bits per heavy atom. The molecule has 0 radical (unpaired) electrons. The number of carbonyl (C=O) groups excluding carboxylic acids is 1. The summed E-state index contributed by atoms with van der Waals surface area (Å²) in [5.41, 5.74) is 4.73. The molecule has 0 N–H and O–H groups in total. The van der Waals surface area contributed by atoms with Crippen LogP contribution in [0.15, 0.2) is 36.8 Å². The molecule has 7 nitrogen and oxygen atoms in total. The molecule has 2 aromatic heterocycles. The fraction of sp³-hybridized carbons (Fsp3) is 0.458. The van der Waals surface area contributed by atoms with Crippen LogP contribution in [-0.4, -0.2) is 58.2 Å². The lowest BCUT2D eigenvalue weighted by Crippen LogP contribution is -2.56. The van der Waals surface area contributed by atoms with E-state index in [1.807, 2.05) is 0 Å². The first-order chi connectivity index (χ1) is 15.0. The van der Waals surface area contributed by atoms with Gasteiger partial charge in [0.2, 0.25) is 5.95 Å². The Morgan fingerprint density at radius 2 is 1.97 bits per heavy atom. The summed E-state index contributed by atoms with van der Waals surface area (Å²) < 4.78 is 7.25. The fourth-order valence-corrected chi connectivity index (χ4v) is 5.13. The van der Waals surface area contributed by atoms with Crippen LogP contribution in [0, 0.1) is 12.3 Å². The quantitative estimate of drug-likeness (QED) is 0.592. The molecule has 4 heterocycles. The summed E-state index contributed by atoms with van der Waals surface area (Å²) in [6.07, 6.45) is 6.57. The predicted octanol–water partition coefficient (Wildman–Crippen LogP) is 3.17. The zero-order valence-corrected chi connectivity index (χ0v) is 18.5. The molecule has 2 saturated heterocycles. The maximum absolute atomic E-state index is 11.8. The summed E-state index contributed by atoms with van der Waals surface area (Å²) in [6, 6.07) is 6.72. The molecule has 1 spiro atoms. The van der Waals surface area contributed by atoms with E-state index in [0.717, 1.165) is 39.1 Å². The lowest BCUT2D eigenvalue weighted by Gasteiger charge is -2.48. The minimum atomic E-state index is -0.370. The van der Waals surface area contributed by atoms with Crippen molar-refractivity contribution in [3.05, 3.63) is 53.5 Å². The van der Waals surface area contributed by atoms with E-state index in [2.05, 4.69) is 62.7 Å². The Hall–Kier alpha value is -2.93. The maximum atomic E-state index is 11.8. The molecule has 2 aliphatic rings. The van der Waals surface area contributed by atoms with Crippen molar-refractivity contribution in [2.24, 2.45) is 12.5 Å². The van der Waals surface area contributed by atoms with Crippen LogP contribution in [0.3, 0.4) is 0 Å². The number of aromatic nitrogens is 3. The number of nitrogens with zero attached hydrogens (tertiary/aromatic N) is 5. The van der Waals surface area contributed by atoms with Gasteiger partial charge in [0.05, 0.1) is 12.2 Å². The average molecular weight is 420 g/mol. The summed E-state index contributed by atoms with van der Waals surface area (Å²) in [4.78, 5) is 25.4. The molecular formula is C24H29N5O2. The number of ether oxygens (including phenoxy) is 1. The molecule has 1 aromatic carbocycles. The minimum Gasteiger partial charge on any atom is -0.462 e. The van der Waals surface area contributed by atoms with E-state index in [-0.39, 0.29) is 5.97 Å². The summed E-state index contributed by atoms with van der Waals surface area (Å²) in [5, 5.41) is 1.36. The van der Waals surface area contributed by atoms with E-state index < -0.39 is 0 Å². The van der Waals surface area contributed by atoms with Gasteiger partial charge < -0.3 is 14.2 Å². The van der Waals surface area contributed by atoms with Crippen molar-refractivity contribution in [1.82, 2.24) is 19.4 Å². The highest BCUT2D eigenvalue weighted by Gasteiger charge is 2.48. The zero-order chi connectivity index (χ0) is 21.6. The first-order valence-electron chi connectivity index (χ1n) is 11.0. The third kappa shape index (κ3) is 3.67. The highest BCUT2D eigenvalue weighted by Crippen LogP contribution is 2.41. The van der Waals surface area contributed by atoms with Crippen molar-refractivity contribution in [2.75, 3.05) is 37.7 Å². The zero-order valence-electron chi connectivity index (χ0n) is 18.5. The van der Waals surface area contributed by atoms with Crippen LogP contribution in [0.2, 0.25) is 0 Å². The van der Waals surface area contributed by atoms with Crippen molar-refractivity contribution < 1.29 is 9.53 Å². The van der Waals surface area contributed by atoms with Gasteiger partial charge in [0.15, 0.2) is 0 Å². The first kappa shape index (κ1) is 20.0. The van der Waals surface area contributed by atoms with Crippen LogP contribution in [-0.2, 0) is 18.3 Å². The summed E-state index contributed by atoms with van der Waals surface area (Å²) in [6.45, 7) is 9.42. The number of rotatable bonds is 5. The Balaban J connectivity index is 1.21. The minimum absolute atomic E-state index is 0.324. The van der Waals surface area contributed by atoms with Crippen LogP contribution in [0.1, 0.15) is 34.8 Å². The summed E-state index contributed by atoms with van der Waals surface area (Å²) in [7, 11) is 2.13. The van der Waals surface area contributed by atoms with E-state index >= 15 is 0 Å². The van der Waals surface area contributed by atoms with E-state index in [9.17, 15) is 4.79 Å².